The second-order valence-electron chi connectivity index (χ2n) is 6.51. The van der Waals surface area contributed by atoms with Crippen molar-refractivity contribution in [2.75, 3.05) is 6.54 Å². The molecule has 0 amide bonds. The fourth-order valence-electron chi connectivity index (χ4n) is 3.55. The van der Waals surface area contributed by atoms with Crippen LogP contribution in [-0.2, 0) is 6.54 Å². The van der Waals surface area contributed by atoms with Crippen molar-refractivity contribution in [3.8, 4) is 0 Å². The maximum absolute atomic E-state index is 2.47. The van der Waals surface area contributed by atoms with E-state index >= 15 is 0 Å². The maximum Gasteiger partial charge on any atom is 0.0491 e. The van der Waals surface area contributed by atoms with Crippen molar-refractivity contribution in [2.24, 2.45) is 5.92 Å². The van der Waals surface area contributed by atoms with E-state index in [9.17, 15) is 0 Å². The Bertz CT molecular complexity index is 874. The Kier molecular flexibility index (Phi) is 3.96. The van der Waals surface area contributed by atoms with E-state index in [0.29, 0.717) is 5.92 Å². The van der Waals surface area contributed by atoms with E-state index in [-0.39, 0.29) is 0 Å². The number of aromatic nitrogens is 1. The lowest BCUT2D eigenvalue weighted by atomic mass is 10.1. The van der Waals surface area contributed by atoms with Crippen molar-refractivity contribution in [1.82, 2.24) is 9.47 Å². The van der Waals surface area contributed by atoms with Gasteiger partial charge in [-0.05, 0) is 30.2 Å². The zero-order valence-electron chi connectivity index (χ0n) is 14.0. The predicted molar refractivity (Wildman–Crippen MR) is 103 cm³/mol. The van der Waals surface area contributed by atoms with Gasteiger partial charge in [0.1, 0.15) is 0 Å². The quantitative estimate of drug-likeness (QED) is 0.632. The fourth-order valence-corrected chi connectivity index (χ4v) is 3.55. The Morgan fingerprint density at radius 2 is 1.25 bits per heavy atom. The SMILES string of the molecule is CC(CN1C=CC=CC=C1)Cn1c2ccccc2c2ccccc21. The van der Waals surface area contributed by atoms with E-state index < -0.39 is 0 Å². The molecule has 0 bridgehead atoms. The van der Waals surface area contributed by atoms with Crippen LogP contribution in [0, 0.1) is 5.92 Å². The monoisotopic (exact) mass is 314 g/mol. The van der Waals surface area contributed by atoms with Gasteiger partial charge in [0.2, 0.25) is 0 Å². The minimum absolute atomic E-state index is 0.539. The molecule has 2 aromatic carbocycles. The number of hydrogen-bond acceptors (Lipinski definition) is 1. The first-order valence-corrected chi connectivity index (χ1v) is 8.56. The highest BCUT2D eigenvalue weighted by Crippen LogP contribution is 2.29. The van der Waals surface area contributed by atoms with Crippen molar-refractivity contribution in [3.05, 3.63) is 85.2 Å². The van der Waals surface area contributed by atoms with Crippen LogP contribution in [0.2, 0.25) is 0 Å². The molecule has 4 rings (SSSR count). The smallest absolute Gasteiger partial charge is 0.0491 e. The Morgan fingerprint density at radius 3 is 1.83 bits per heavy atom. The molecular weight excluding hydrogens is 292 g/mol. The van der Waals surface area contributed by atoms with E-state index in [1.807, 2.05) is 0 Å². The zero-order chi connectivity index (χ0) is 16.4. The van der Waals surface area contributed by atoms with Crippen LogP contribution in [0.15, 0.2) is 85.2 Å². The summed E-state index contributed by atoms with van der Waals surface area (Å²) in [6, 6.07) is 17.4. The van der Waals surface area contributed by atoms with Gasteiger partial charge in [0, 0.05) is 47.3 Å². The summed E-state index contributed by atoms with van der Waals surface area (Å²) in [6.45, 7) is 4.35. The van der Waals surface area contributed by atoms with E-state index in [1.54, 1.807) is 0 Å². The summed E-state index contributed by atoms with van der Waals surface area (Å²) in [5.74, 6) is 0.539. The standard InChI is InChI=1S/C22H22N2/c1-18(16-23-14-8-2-3-9-15-23)17-24-21-12-6-4-10-19(21)20-11-5-7-13-22(20)24/h2-15,18H,16-17H2,1H3. The van der Waals surface area contributed by atoms with Crippen molar-refractivity contribution in [3.63, 3.8) is 0 Å². The third-order valence-electron chi connectivity index (χ3n) is 4.59. The molecule has 1 aromatic heterocycles. The van der Waals surface area contributed by atoms with Crippen LogP contribution in [0.5, 0.6) is 0 Å². The summed E-state index contributed by atoms with van der Waals surface area (Å²) in [4.78, 5) is 2.26. The van der Waals surface area contributed by atoms with E-state index in [2.05, 4.69) is 102 Å². The minimum atomic E-state index is 0.539. The lowest BCUT2D eigenvalue weighted by molar-refractivity contribution is 0.373. The highest BCUT2D eigenvalue weighted by atomic mass is 15.1. The van der Waals surface area contributed by atoms with Gasteiger partial charge in [0.15, 0.2) is 0 Å². The van der Waals surface area contributed by atoms with Crippen molar-refractivity contribution in [1.29, 1.82) is 0 Å². The lowest BCUT2D eigenvalue weighted by Gasteiger charge is -2.21. The predicted octanol–water partition coefficient (Wildman–Crippen LogP) is 5.33. The van der Waals surface area contributed by atoms with Crippen molar-refractivity contribution >= 4 is 21.8 Å². The number of allylic oxidation sites excluding steroid dienone is 4. The molecule has 1 aliphatic heterocycles. The molecule has 2 heterocycles. The van der Waals surface area contributed by atoms with Crippen LogP contribution in [-0.4, -0.2) is 16.0 Å². The molecule has 2 nitrogen and oxygen atoms in total. The molecule has 0 N–H and O–H groups in total. The first-order valence-electron chi connectivity index (χ1n) is 8.56. The molecule has 120 valence electrons. The van der Waals surface area contributed by atoms with Gasteiger partial charge in [0.25, 0.3) is 0 Å². The number of hydrogen-bond donors (Lipinski definition) is 0. The van der Waals surface area contributed by atoms with Gasteiger partial charge in [0.05, 0.1) is 0 Å². The summed E-state index contributed by atoms with van der Waals surface area (Å²) in [7, 11) is 0. The summed E-state index contributed by atoms with van der Waals surface area (Å²) in [5.41, 5.74) is 2.66. The summed E-state index contributed by atoms with van der Waals surface area (Å²) >= 11 is 0. The second-order valence-corrected chi connectivity index (χ2v) is 6.51. The molecule has 3 aromatic rings. The van der Waals surface area contributed by atoms with Gasteiger partial charge in [-0.3, -0.25) is 0 Å². The molecule has 0 saturated carbocycles. The van der Waals surface area contributed by atoms with Gasteiger partial charge in [-0.25, -0.2) is 0 Å². The van der Waals surface area contributed by atoms with E-state index in [4.69, 9.17) is 0 Å². The summed E-state index contributed by atoms with van der Waals surface area (Å²) < 4.78 is 2.47. The first-order chi connectivity index (χ1) is 11.8. The third-order valence-corrected chi connectivity index (χ3v) is 4.59. The van der Waals surface area contributed by atoms with Gasteiger partial charge in [-0.2, -0.15) is 0 Å². The fraction of sp³-hybridized carbons (Fsp3) is 0.182. The number of benzene rings is 2. The number of nitrogens with zero attached hydrogens (tertiary/aromatic N) is 2. The van der Waals surface area contributed by atoms with Crippen LogP contribution >= 0.6 is 0 Å². The minimum Gasteiger partial charge on any atom is -0.354 e. The normalized spacial score (nSPS) is 15.3. The lowest BCUT2D eigenvalue weighted by Crippen LogP contribution is -2.21. The molecule has 0 saturated heterocycles. The molecule has 0 spiro atoms. The molecule has 1 unspecified atom stereocenters. The zero-order valence-corrected chi connectivity index (χ0v) is 14.0. The topological polar surface area (TPSA) is 8.17 Å². The van der Waals surface area contributed by atoms with Crippen molar-refractivity contribution < 1.29 is 0 Å². The van der Waals surface area contributed by atoms with Crippen LogP contribution < -0.4 is 0 Å². The summed E-state index contributed by atoms with van der Waals surface area (Å²) in [6.07, 6.45) is 12.6. The Hall–Kier alpha value is -2.74. The average molecular weight is 314 g/mol. The maximum atomic E-state index is 2.47. The highest BCUT2D eigenvalue weighted by Gasteiger charge is 2.13. The summed E-state index contributed by atoms with van der Waals surface area (Å²) in [5, 5.41) is 2.69. The van der Waals surface area contributed by atoms with Gasteiger partial charge >= 0.3 is 0 Å². The van der Waals surface area contributed by atoms with Crippen LogP contribution in [0.4, 0.5) is 0 Å². The van der Waals surface area contributed by atoms with Crippen molar-refractivity contribution in [2.45, 2.75) is 13.5 Å². The average Bonchev–Trinajstić information content (AvgIpc) is 2.76. The van der Waals surface area contributed by atoms with E-state index in [1.165, 1.54) is 21.8 Å². The molecule has 0 radical (unpaired) electrons. The Balaban J connectivity index is 1.66. The van der Waals surface area contributed by atoms with Gasteiger partial charge < -0.3 is 9.47 Å². The van der Waals surface area contributed by atoms with Crippen LogP contribution in [0.25, 0.3) is 21.8 Å². The molecule has 24 heavy (non-hydrogen) atoms. The third kappa shape index (κ3) is 2.76. The molecular formula is C22H22N2. The molecule has 1 atom stereocenters. The number of rotatable bonds is 4. The molecule has 0 aliphatic carbocycles. The molecule has 0 fully saturated rings. The highest BCUT2D eigenvalue weighted by molar-refractivity contribution is 6.07. The number of para-hydroxylation sites is 2. The van der Waals surface area contributed by atoms with Crippen LogP contribution in [0.1, 0.15) is 6.92 Å². The van der Waals surface area contributed by atoms with Crippen LogP contribution in [0.3, 0.4) is 0 Å². The largest absolute Gasteiger partial charge is 0.354 e. The molecule has 2 heteroatoms. The van der Waals surface area contributed by atoms with Gasteiger partial charge in [-0.15, -0.1) is 0 Å². The molecule has 1 aliphatic rings. The van der Waals surface area contributed by atoms with Gasteiger partial charge in [-0.1, -0.05) is 55.5 Å². The Morgan fingerprint density at radius 1 is 0.708 bits per heavy atom. The Labute approximate surface area is 143 Å². The second kappa shape index (κ2) is 6.40. The number of fused-ring (bicyclic) bond motifs is 3. The van der Waals surface area contributed by atoms with E-state index in [0.717, 1.165) is 13.1 Å². The first kappa shape index (κ1) is 14.8.